The van der Waals surface area contributed by atoms with Crippen LogP contribution in [0.25, 0.3) is 21.9 Å². The summed E-state index contributed by atoms with van der Waals surface area (Å²) in [7, 11) is 0. The van der Waals surface area contributed by atoms with Gasteiger partial charge in [-0.1, -0.05) is 6.07 Å². The van der Waals surface area contributed by atoms with E-state index in [0.29, 0.717) is 16.3 Å². The molecule has 1 heterocycles. The zero-order valence-corrected chi connectivity index (χ0v) is 10.7. The van der Waals surface area contributed by atoms with Gasteiger partial charge in [0.2, 0.25) is 0 Å². The third-order valence-corrected chi connectivity index (χ3v) is 3.23. The number of carbonyl (C=O) groups is 1. The first kappa shape index (κ1) is 13.2. The molecule has 0 radical (unpaired) electrons. The van der Waals surface area contributed by atoms with Gasteiger partial charge in [-0.2, -0.15) is 0 Å². The van der Waals surface area contributed by atoms with Gasteiger partial charge in [-0.05, 0) is 29.7 Å². The molecule has 1 aromatic heterocycles. The summed E-state index contributed by atoms with van der Waals surface area (Å²) in [5.74, 6) is -2.46. The number of aromatic carboxylic acids is 1. The van der Waals surface area contributed by atoms with Crippen LogP contribution in [0.3, 0.4) is 0 Å². The van der Waals surface area contributed by atoms with Crippen molar-refractivity contribution in [2.45, 2.75) is 0 Å². The third-order valence-electron chi connectivity index (χ3n) is 3.23. The molecular weight excluding hydrogens is 276 g/mol. The fourth-order valence-electron chi connectivity index (χ4n) is 2.22. The van der Waals surface area contributed by atoms with Crippen LogP contribution >= 0.6 is 0 Å². The zero-order chi connectivity index (χ0) is 15.0. The first-order valence-corrected chi connectivity index (χ1v) is 6.13. The van der Waals surface area contributed by atoms with Crippen LogP contribution < -0.4 is 0 Å². The lowest BCUT2D eigenvalue weighted by molar-refractivity contribution is 0.0697. The quantitative estimate of drug-likeness (QED) is 0.777. The van der Waals surface area contributed by atoms with Crippen LogP contribution in [0.2, 0.25) is 0 Å². The number of halogens is 2. The van der Waals surface area contributed by atoms with Gasteiger partial charge in [0.1, 0.15) is 11.6 Å². The maximum Gasteiger partial charge on any atom is 0.335 e. The van der Waals surface area contributed by atoms with Crippen LogP contribution in [0.15, 0.2) is 48.8 Å². The summed E-state index contributed by atoms with van der Waals surface area (Å²) < 4.78 is 27.0. The molecule has 3 nitrogen and oxygen atoms in total. The van der Waals surface area contributed by atoms with E-state index in [1.165, 1.54) is 24.4 Å². The van der Waals surface area contributed by atoms with Crippen molar-refractivity contribution in [2.75, 3.05) is 0 Å². The predicted octanol–water partition coefficient (Wildman–Crippen LogP) is 3.88. The Bertz CT molecular complexity index is 862. The number of nitrogens with zero attached hydrogens (tertiary/aromatic N) is 1. The van der Waals surface area contributed by atoms with Gasteiger partial charge in [-0.3, -0.25) is 4.98 Å². The molecule has 0 unspecified atom stereocenters. The lowest BCUT2D eigenvalue weighted by atomic mass is 9.99. The number of carboxylic acid groups (broad SMARTS) is 1. The van der Waals surface area contributed by atoms with E-state index in [1.807, 2.05) is 0 Å². The highest BCUT2D eigenvalue weighted by Crippen LogP contribution is 2.30. The summed E-state index contributed by atoms with van der Waals surface area (Å²) in [5.41, 5.74) is 0.697. The van der Waals surface area contributed by atoms with Crippen molar-refractivity contribution < 1.29 is 18.7 Å². The fraction of sp³-hybridized carbons (Fsp3) is 0. The molecule has 0 fully saturated rings. The first-order valence-electron chi connectivity index (χ1n) is 6.13. The molecule has 21 heavy (non-hydrogen) atoms. The molecule has 0 atom stereocenters. The van der Waals surface area contributed by atoms with Gasteiger partial charge in [0.05, 0.1) is 5.56 Å². The van der Waals surface area contributed by atoms with Crippen LogP contribution in [0.4, 0.5) is 8.78 Å². The summed E-state index contributed by atoms with van der Waals surface area (Å²) in [4.78, 5) is 15.1. The number of benzene rings is 2. The van der Waals surface area contributed by atoms with Crippen LogP contribution in [0.1, 0.15) is 10.4 Å². The number of fused-ring (bicyclic) bond motifs is 1. The van der Waals surface area contributed by atoms with Gasteiger partial charge in [0.15, 0.2) is 0 Å². The van der Waals surface area contributed by atoms with E-state index in [2.05, 4.69) is 4.98 Å². The number of aromatic nitrogens is 1. The van der Waals surface area contributed by atoms with E-state index in [1.54, 1.807) is 12.3 Å². The molecule has 0 aliphatic carbocycles. The molecule has 0 aliphatic heterocycles. The third kappa shape index (κ3) is 2.33. The second-order valence-corrected chi connectivity index (χ2v) is 4.55. The molecule has 0 amide bonds. The molecule has 0 aliphatic rings. The smallest absolute Gasteiger partial charge is 0.335 e. The Kier molecular flexibility index (Phi) is 3.10. The Morgan fingerprint density at radius 2 is 1.81 bits per heavy atom. The average Bonchev–Trinajstić information content (AvgIpc) is 2.46. The van der Waals surface area contributed by atoms with Crippen molar-refractivity contribution >= 4 is 16.7 Å². The molecule has 1 N–H and O–H groups in total. The van der Waals surface area contributed by atoms with E-state index < -0.39 is 17.6 Å². The zero-order valence-electron chi connectivity index (χ0n) is 10.7. The summed E-state index contributed by atoms with van der Waals surface area (Å²) >= 11 is 0. The Morgan fingerprint density at radius 1 is 1.00 bits per heavy atom. The number of carboxylic acids is 1. The Morgan fingerprint density at radius 3 is 2.52 bits per heavy atom. The molecule has 104 valence electrons. The monoisotopic (exact) mass is 285 g/mol. The predicted molar refractivity (Wildman–Crippen MR) is 74.1 cm³/mol. The molecular formula is C16H9F2NO2. The molecule has 5 heteroatoms. The molecule has 3 aromatic rings. The molecule has 0 saturated carbocycles. The van der Waals surface area contributed by atoms with E-state index in [9.17, 15) is 13.6 Å². The van der Waals surface area contributed by atoms with Crippen molar-refractivity contribution in [1.29, 1.82) is 0 Å². The van der Waals surface area contributed by atoms with Gasteiger partial charge in [0, 0.05) is 35.0 Å². The maximum absolute atomic E-state index is 13.9. The summed E-state index contributed by atoms with van der Waals surface area (Å²) in [6.07, 6.45) is 3.00. The summed E-state index contributed by atoms with van der Waals surface area (Å²) in [5, 5.41) is 10.3. The number of pyridine rings is 1. The van der Waals surface area contributed by atoms with Crippen molar-refractivity contribution in [1.82, 2.24) is 4.98 Å². The van der Waals surface area contributed by atoms with Gasteiger partial charge in [-0.15, -0.1) is 0 Å². The second-order valence-electron chi connectivity index (χ2n) is 4.55. The van der Waals surface area contributed by atoms with Crippen LogP contribution in [-0.4, -0.2) is 16.1 Å². The van der Waals surface area contributed by atoms with Crippen LogP contribution in [0, 0.1) is 11.6 Å². The minimum absolute atomic E-state index is 0.0949. The number of hydrogen-bond donors (Lipinski definition) is 1. The van der Waals surface area contributed by atoms with Gasteiger partial charge < -0.3 is 5.11 Å². The van der Waals surface area contributed by atoms with Gasteiger partial charge in [-0.25, -0.2) is 13.6 Å². The van der Waals surface area contributed by atoms with E-state index in [0.717, 1.165) is 12.1 Å². The normalized spacial score (nSPS) is 10.8. The highest BCUT2D eigenvalue weighted by atomic mass is 19.1. The molecule has 2 aromatic carbocycles. The topological polar surface area (TPSA) is 50.2 Å². The van der Waals surface area contributed by atoms with Gasteiger partial charge >= 0.3 is 5.97 Å². The van der Waals surface area contributed by atoms with E-state index >= 15 is 0 Å². The minimum atomic E-state index is -1.07. The standard InChI is InChI=1S/C16H9F2NO2/c17-11-3-4-12(15(18)6-11)14-8-19-7-10-2-1-9(16(20)21)5-13(10)14/h1-8H,(H,20,21). The molecule has 3 rings (SSSR count). The average molecular weight is 285 g/mol. The van der Waals surface area contributed by atoms with Gasteiger partial charge in [0.25, 0.3) is 0 Å². The summed E-state index contributed by atoms with van der Waals surface area (Å²) in [6, 6.07) is 7.77. The highest BCUT2D eigenvalue weighted by molar-refractivity contribution is 6.00. The number of rotatable bonds is 2. The van der Waals surface area contributed by atoms with Crippen molar-refractivity contribution in [3.05, 3.63) is 66.0 Å². The lowest BCUT2D eigenvalue weighted by Gasteiger charge is -2.08. The van der Waals surface area contributed by atoms with Crippen LogP contribution in [-0.2, 0) is 0 Å². The maximum atomic E-state index is 13.9. The van der Waals surface area contributed by atoms with E-state index in [4.69, 9.17) is 5.11 Å². The van der Waals surface area contributed by atoms with Crippen molar-refractivity contribution in [2.24, 2.45) is 0 Å². The van der Waals surface area contributed by atoms with Crippen molar-refractivity contribution in [3.8, 4) is 11.1 Å². The minimum Gasteiger partial charge on any atom is -0.478 e. The fourth-order valence-corrected chi connectivity index (χ4v) is 2.22. The second kappa shape index (κ2) is 4.94. The van der Waals surface area contributed by atoms with Crippen molar-refractivity contribution in [3.63, 3.8) is 0 Å². The Labute approximate surface area is 118 Å². The lowest BCUT2D eigenvalue weighted by Crippen LogP contribution is -1.96. The Hall–Kier alpha value is -2.82. The van der Waals surface area contributed by atoms with E-state index in [-0.39, 0.29) is 11.1 Å². The number of hydrogen-bond acceptors (Lipinski definition) is 2. The Balaban J connectivity index is 2.31. The summed E-state index contributed by atoms with van der Waals surface area (Å²) in [6.45, 7) is 0. The molecule has 0 bridgehead atoms. The molecule has 0 saturated heterocycles. The van der Waals surface area contributed by atoms with Crippen LogP contribution in [0.5, 0.6) is 0 Å². The largest absolute Gasteiger partial charge is 0.478 e. The highest BCUT2D eigenvalue weighted by Gasteiger charge is 2.12. The molecule has 0 spiro atoms. The SMILES string of the molecule is O=C(O)c1ccc2cncc(-c3ccc(F)cc3F)c2c1. The first-order chi connectivity index (χ1) is 10.1.